The van der Waals surface area contributed by atoms with Crippen molar-refractivity contribution in [3.63, 3.8) is 0 Å². The fraction of sp³-hybridized carbons (Fsp3) is 0.571. The average molecular weight is 219 g/mol. The van der Waals surface area contributed by atoms with Crippen molar-refractivity contribution in [2.45, 2.75) is 32.2 Å². The summed E-state index contributed by atoms with van der Waals surface area (Å²) in [5.74, 6) is 1.75. The lowest BCUT2D eigenvalue weighted by Gasteiger charge is -2.19. The molecule has 0 radical (unpaired) electrons. The number of benzene rings is 1. The highest BCUT2D eigenvalue weighted by Gasteiger charge is 2.21. The van der Waals surface area contributed by atoms with Gasteiger partial charge >= 0.3 is 0 Å². The van der Waals surface area contributed by atoms with Crippen LogP contribution in [0, 0.1) is 5.92 Å². The standard InChI is InChI=1S/C14H21NO/c1-10-4-5-11-6-7-12(16-3)9-13(11)14(8-10)15-2/h6-7,9-10,14-15H,4-5,8H2,1-3H3. The van der Waals surface area contributed by atoms with E-state index >= 15 is 0 Å². The number of ether oxygens (including phenoxy) is 1. The van der Waals surface area contributed by atoms with Gasteiger partial charge in [0.2, 0.25) is 0 Å². The Balaban J connectivity index is 2.37. The molecule has 2 nitrogen and oxygen atoms in total. The number of fused-ring (bicyclic) bond motifs is 1. The highest BCUT2D eigenvalue weighted by Crippen LogP contribution is 2.33. The lowest BCUT2D eigenvalue weighted by Crippen LogP contribution is -2.18. The van der Waals surface area contributed by atoms with Gasteiger partial charge in [-0.05, 0) is 55.5 Å². The second-order valence-corrected chi connectivity index (χ2v) is 4.79. The normalized spacial score (nSPS) is 24.7. The zero-order chi connectivity index (χ0) is 11.5. The first-order valence-electron chi connectivity index (χ1n) is 6.08. The maximum atomic E-state index is 5.31. The third-order valence-corrected chi connectivity index (χ3v) is 3.62. The Morgan fingerprint density at radius 3 is 2.88 bits per heavy atom. The second-order valence-electron chi connectivity index (χ2n) is 4.79. The number of rotatable bonds is 2. The van der Waals surface area contributed by atoms with Crippen LogP contribution in [0.15, 0.2) is 18.2 Å². The summed E-state index contributed by atoms with van der Waals surface area (Å²) in [5, 5.41) is 3.43. The van der Waals surface area contributed by atoms with Crippen molar-refractivity contribution < 1.29 is 4.74 Å². The molecule has 2 heteroatoms. The molecule has 0 fully saturated rings. The van der Waals surface area contributed by atoms with Crippen molar-refractivity contribution in [1.29, 1.82) is 0 Å². The van der Waals surface area contributed by atoms with E-state index in [1.165, 1.54) is 30.4 Å². The summed E-state index contributed by atoms with van der Waals surface area (Å²) in [6.45, 7) is 2.34. The van der Waals surface area contributed by atoms with Crippen LogP contribution in [0.2, 0.25) is 0 Å². The minimum Gasteiger partial charge on any atom is -0.497 e. The topological polar surface area (TPSA) is 21.3 Å². The van der Waals surface area contributed by atoms with Gasteiger partial charge in [0.1, 0.15) is 5.75 Å². The van der Waals surface area contributed by atoms with Crippen molar-refractivity contribution in [1.82, 2.24) is 5.32 Å². The number of methoxy groups -OCH3 is 1. The van der Waals surface area contributed by atoms with Gasteiger partial charge in [-0.25, -0.2) is 0 Å². The zero-order valence-electron chi connectivity index (χ0n) is 10.4. The van der Waals surface area contributed by atoms with Gasteiger partial charge in [0.25, 0.3) is 0 Å². The quantitative estimate of drug-likeness (QED) is 0.772. The first kappa shape index (κ1) is 11.5. The molecule has 1 aliphatic carbocycles. The van der Waals surface area contributed by atoms with Gasteiger partial charge in [-0.2, -0.15) is 0 Å². The lowest BCUT2D eigenvalue weighted by molar-refractivity contribution is 0.409. The molecular formula is C14H21NO. The van der Waals surface area contributed by atoms with E-state index < -0.39 is 0 Å². The van der Waals surface area contributed by atoms with Crippen LogP contribution in [0.5, 0.6) is 5.75 Å². The van der Waals surface area contributed by atoms with E-state index in [4.69, 9.17) is 4.74 Å². The number of hydrogen-bond acceptors (Lipinski definition) is 2. The molecule has 88 valence electrons. The molecule has 0 heterocycles. The van der Waals surface area contributed by atoms with Gasteiger partial charge in [0.05, 0.1) is 7.11 Å². The van der Waals surface area contributed by atoms with Crippen molar-refractivity contribution in [2.24, 2.45) is 5.92 Å². The van der Waals surface area contributed by atoms with E-state index in [9.17, 15) is 0 Å². The maximum Gasteiger partial charge on any atom is 0.119 e. The fourth-order valence-corrected chi connectivity index (χ4v) is 2.57. The molecular weight excluding hydrogens is 198 g/mol. The van der Waals surface area contributed by atoms with Crippen LogP contribution in [0.1, 0.15) is 36.9 Å². The minimum atomic E-state index is 0.475. The Labute approximate surface area is 98.0 Å². The number of hydrogen-bond donors (Lipinski definition) is 1. The van der Waals surface area contributed by atoms with Crippen molar-refractivity contribution >= 4 is 0 Å². The molecule has 0 saturated heterocycles. The molecule has 2 atom stereocenters. The molecule has 2 rings (SSSR count). The Morgan fingerprint density at radius 2 is 2.19 bits per heavy atom. The molecule has 1 aromatic carbocycles. The second kappa shape index (κ2) is 4.88. The summed E-state index contributed by atoms with van der Waals surface area (Å²) >= 11 is 0. The van der Waals surface area contributed by atoms with Crippen molar-refractivity contribution in [3.05, 3.63) is 29.3 Å². The van der Waals surface area contributed by atoms with Crippen LogP contribution in [0.3, 0.4) is 0 Å². The first-order chi connectivity index (χ1) is 7.74. The van der Waals surface area contributed by atoms with Crippen LogP contribution >= 0.6 is 0 Å². The summed E-state index contributed by atoms with van der Waals surface area (Å²) < 4.78 is 5.31. The number of nitrogens with one attached hydrogen (secondary N) is 1. The zero-order valence-corrected chi connectivity index (χ0v) is 10.4. The smallest absolute Gasteiger partial charge is 0.119 e. The Kier molecular flexibility index (Phi) is 3.49. The van der Waals surface area contributed by atoms with E-state index in [1.54, 1.807) is 7.11 Å². The van der Waals surface area contributed by atoms with Gasteiger partial charge in [0.15, 0.2) is 0 Å². The molecule has 1 aliphatic rings. The summed E-state index contributed by atoms with van der Waals surface area (Å²) in [4.78, 5) is 0. The molecule has 0 spiro atoms. The maximum absolute atomic E-state index is 5.31. The van der Waals surface area contributed by atoms with E-state index in [1.807, 2.05) is 7.05 Å². The molecule has 0 aliphatic heterocycles. The Bertz CT molecular complexity index is 362. The fourth-order valence-electron chi connectivity index (χ4n) is 2.57. The third kappa shape index (κ3) is 2.22. The summed E-state index contributed by atoms with van der Waals surface area (Å²) in [6, 6.07) is 6.95. The minimum absolute atomic E-state index is 0.475. The molecule has 2 unspecified atom stereocenters. The first-order valence-corrected chi connectivity index (χ1v) is 6.08. The van der Waals surface area contributed by atoms with Crippen LogP contribution in [0.4, 0.5) is 0 Å². The number of aryl methyl sites for hydroxylation is 1. The highest BCUT2D eigenvalue weighted by molar-refractivity contribution is 5.38. The summed E-state index contributed by atoms with van der Waals surface area (Å²) in [7, 11) is 3.78. The average Bonchev–Trinajstić information content (AvgIpc) is 2.48. The van der Waals surface area contributed by atoms with Gasteiger partial charge < -0.3 is 10.1 Å². The monoisotopic (exact) mass is 219 g/mol. The van der Waals surface area contributed by atoms with Crippen LogP contribution in [-0.2, 0) is 6.42 Å². The Morgan fingerprint density at radius 1 is 1.38 bits per heavy atom. The van der Waals surface area contributed by atoms with Crippen LogP contribution < -0.4 is 10.1 Å². The molecule has 1 N–H and O–H groups in total. The van der Waals surface area contributed by atoms with Crippen molar-refractivity contribution in [3.8, 4) is 5.75 Å². The molecule has 0 aromatic heterocycles. The van der Waals surface area contributed by atoms with E-state index in [-0.39, 0.29) is 0 Å². The van der Waals surface area contributed by atoms with Gasteiger partial charge in [-0.1, -0.05) is 13.0 Å². The van der Waals surface area contributed by atoms with E-state index in [2.05, 4.69) is 30.4 Å². The predicted molar refractivity (Wildman–Crippen MR) is 66.9 cm³/mol. The van der Waals surface area contributed by atoms with Crippen LogP contribution in [-0.4, -0.2) is 14.2 Å². The van der Waals surface area contributed by atoms with Crippen molar-refractivity contribution in [2.75, 3.05) is 14.2 Å². The Hall–Kier alpha value is -1.02. The molecule has 1 aromatic rings. The largest absolute Gasteiger partial charge is 0.497 e. The lowest BCUT2D eigenvalue weighted by atomic mass is 9.97. The summed E-state index contributed by atoms with van der Waals surface area (Å²) in [6.07, 6.45) is 3.70. The third-order valence-electron chi connectivity index (χ3n) is 3.62. The molecule has 0 bridgehead atoms. The van der Waals surface area contributed by atoms with Gasteiger partial charge in [0, 0.05) is 6.04 Å². The summed E-state index contributed by atoms with van der Waals surface area (Å²) in [5.41, 5.74) is 2.90. The van der Waals surface area contributed by atoms with Gasteiger partial charge in [-0.15, -0.1) is 0 Å². The van der Waals surface area contributed by atoms with Gasteiger partial charge in [-0.3, -0.25) is 0 Å². The molecule has 0 saturated carbocycles. The van der Waals surface area contributed by atoms with E-state index in [0.717, 1.165) is 11.7 Å². The van der Waals surface area contributed by atoms with Crippen LogP contribution in [0.25, 0.3) is 0 Å². The SMILES string of the molecule is CNC1CC(C)CCc2ccc(OC)cc21. The van der Waals surface area contributed by atoms with E-state index in [0.29, 0.717) is 6.04 Å². The molecule has 0 amide bonds. The highest BCUT2D eigenvalue weighted by atomic mass is 16.5. The molecule has 16 heavy (non-hydrogen) atoms. The predicted octanol–water partition coefficient (Wildman–Crippen LogP) is 2.93.